The summed E-state index contributed by atoms with van der Waals surface area (Å²) in [5.74, 6) is 0.454. The summed E-state index contributed by atoms with van der Waals surface area (Å²) in [6.45, 7) is 10.8. The average Bonchev–Trinajstić information content (AvgIpc) is 2.62. The van der Waals surface area contributed by atoms with Gasteiger partial charge in [-0.15, -0.1) is 11.8 Å². The minimum Gasteiger partial charge on any atom is -0.507 e. The molecule has 2 rings (SSSR count). The molecule has 0 spiro atoms. The number of aromatic hydroxyl groups is 1. The van der Waals surface area contributed by atoms with Crippen molar-refractivity contribution in [3.63, 3.8) is 0 Å². The predicted molar refractivity (Wildman–Crippen MR) is 115 cm³/mol. The Morgan fingerprint density at radius 3 is 2.08 bits per heavy atom. The summed E-state index contributed by atoms with van der Waals surface area (Å²) in [5.41, 5.74) is 3.25. The maximum atomic E-state index is 10.2. The van der Waals surface area contributed by atoms with Gasteiger partial charge in [-0.05, 0) is 48.9 Å². The van der Waals surface area contributed by atoms with Crippen LogP contribution in [0.25, 0.3) is 0 Å². The van der Waals surface area contributed by atoms with E-state index < -0.39 is 8.07 Å². The van der Waals surface area contributed by atoms with Gasteiger partial charge in [0.1, 0.15) is 5.75 Å². The molecule has 0 aromatic heterocycles. The van der Waals surface area contributed by atoms with Crippen LogP contribution in [0.15, 0.2) is 41.3 Å². The van der Waals surface area contributed by atoms with Crippen LogP contribution in [-0.4, -0.2) is 18.6 Å². The van der Waals surface area contributed by atoms with Gasteiger partial charge in [0.2, 0.25) is 0 Å². The molecule has 0 unspecified atom stereocenters. The fourth-order valence-electron chi connectivity index (χ4n) is 3.79. The van der Waals surface area contributed by atoms with Crippen LogP contribution in [0.5, 0.6) is 5.75 Å². The Morgan fingerprint density at radius 1 is 0.920 bits per heavy atom. The van der Waals surface area contributed by atoms with E-state index in [1.54, 1.807) is 5.19 Å². The van der Waals surface area contributed by atoms with Crippen molar-refractivity contribution in [3.05, 3.63) is 53.1 Å². The van der Waals surface area contributed by atoms with E-state index in [4.69, 9.17) is 0 Å². The van der Waals surface area contributed by atoms with Crippen molar-refractivity contribution in [3.8, 4) is 5.75 Å². The average molecular weight is 373 g/mol. The topological polar surface area (TPSA) is 20.2 Å². The zero-order valence-corrected chi connectivity index (χ0v) is 18.2. The molecule has 0 saturated heterocycles. The van der Waals surface area contributed by atoms with Crippen LogP contribution in [0.3, 0.4) is 0 Å². The molecule has 0 aliphatic carbocycles. The third-order valence-corrected chi connectivity index (χ3v) is 13.4. The lowest BCUT2D eigenvalue weighted by Crippen LogP contribution is -2.50. The van der Waals surface area contributed by atoms with Gasteiger partial charge < -0.3 is 5.11 Å². The summed E-state index contributed by atoms with van der Waals surface area (Å²) < 4.78 is 0. The summed E-state index contributed by atoms with van der Waals surface area (Å²) in [4.78, 5) is 1.34. The highest BCUT2D eigenvalue weighted by atomic mass is 32.2. The van der Waals surface area contributed by atoms with Crippen LogP contribution in [0, 0.1) is 20.8 Å². The first-order valence-electron chi connectivity index (χ1n) is 9.43. The molecule has 0 saturated carbocycles. The zero-order valence-electron chi connectivity index (χ0n) is 16.4. The molecule has 3 heteroatoms. The lowest BCUT2D eigenvalue weighted by atomic mass is 10.1. The summed E-state index contributed by atoms with van der Waals surface area (Å²) in [6.07, 6.45) is 2.52. The van der Waals surface area contributed by atoms with E-state index in [-0.39, 0.29) is 0 Å². The van der Waals surface area contributed by atoms with Crippen molar-refractivity contribution in [2.24, 2.45) is 0 Å². The molecule has 1 N–H and O–H groups in total. The number of phenols is 1. The highest BCUT2D eigenvalue weighted by Gasteiger charge is 2.33. The molecule has 0 atom stereocenters. The molecular weight excluding hydrogens is 340 g/mol. The van der Waals surface area contributed by atoms with Gasteiger partial charge in [-0.1, -0.05) is 74.3 Å². The molecule has 0 aliphatic heterocycles. The molecule has 2 aromatic carbocycles. The van der Waals surface area contributed by atoms with Crippen molar-refractivity contribution in [1.82, 2.24) is 0 Å². The molecule has 0 aliphatic rings. The number of hydrogen-bond donors (Lipinski definition) is 1. The minimum absolute atomic E-state index is 0.454. The van der Waals surface area contributed by atoms with Crippen LogP contribution < -0.4 is 5.19 Å². The van der Waals surface area contributed by atoms with Crippen molar-refractivity contribution in [2.45, 2.75) is 64.4 Å². The van der Waals surface area contributed by atoms with E-state index in [0.717, 1.165) is 11.1 Å². The molecule has 0 heterocycles. The number of phenolic OH excluding ortho intramolecular Hbond substituents is 1. The third kappa shape index (κ3) is 4.51. The van der Waals surface area contributed by atoms with Gasteiger partial charge in [0.15, 0.2) is 0 Å². The smallest absolute Gasteiger partial charge is 0.121 e. The highest BCUT2D eigenvalue weighted by molar-refractivity contribution is 8.01. The standard InChI is InChI=1S/C22H32OSSi/c1-6-13-25(14-7-2,20-11-9-8-10-12-20)16-24-21-15-17(3)22(23)19(5)18(21)4/h8-12,15,23H,6-7,13-14,16H2,1-5H3. The van der Waals surface area contributed by atoms with Gasteiger partial charge in [-0.25, -0.2) is 0 Å². The fraction of sp³-hybridized carbons (Fsp3) is 0.455. The van der Waals surface area contributed by atoms with Crippen LogP contribution in [-0.2, 0) is 0 Å². The highest BCUT2D eigenvalue weighted by Crippen LogP contribution is 2.35. The van der Waals surface area contributed by atoms with Crippen molar-refractivity contribution in [2.75, 3.05) is 5.38 Å². The first kappa shape index (κ1) is 20.1. The molecule has 136 valence electrons. The fourth-order valence-corrected chi connectivity index (χ4v) is 11.6. The number of aryl methyl sites for hydroxylation is 1. The molecule has 1 nitrogen and oxygen atoms in total. The molecule has 25 heavy (non-hydrogen) atoms. The Labute approximate surface area is 158 Å². The Morgan fingerprint density at radius 2 is 1.52 bits per heavy atom. The molecule has 0 fully saturated rings. The normalized spacial score (nSPS) is 11.7. The Kier molecular flexibility index (Phi) is 7.21. The SMILES string of the molecule is CCC[Si](CCC)(CSc1cc(C)c(O)c(C)c1C)c1ccccc1. The summed E-state index contributed by atoms with van der Waals surface area (Å²) in [7, 11) is -1.53. The van der Waals surface area contributed by atoms with Crippen LogP contribution >= 0.6 is 11.8 Å². The molecule has 0 bridgehead atoms. The maximum Gasteiger partial charge on any atom is 0.121 e. The number of hydrogen-bond acceptors (Lipinski definition) is 2. The van der Waals surface area contributed by atoms with Crippen LogP contribution in [0.4, 0.5) is 0 Å². The second-order valence-electron chi connectivity index (χ2n) is 7.23. The number of thioether (sulfide) groups is 1. The minimum atomic E-state index is -1.53. The quantitative estimate of drug-likeness (QED) is 0.444. The van der Waals surface area contributed by atoms with Crippen molar-refractivity contribution in [1.29, 1.82) is 0 Å². The first-order chi connectivity index (χ1) is 11.9. The van der Waals surface area contributed by atoms with Gasteiger partial charge >= 0.3 is 0 Å². The Hall–Kier alpha value is -1.19. The van der Waals surface area contributed by atoms with E-state index in [0.29, 0.717) is 5.75 Å². The van der Waals surface area contributed by atoms with Gasteiger partial charge in [0.25, 0.3) is 0 Å². The second-order valence-corrected chi connectivity index (χ2v) is 13.2. The third-order valence-electron chi connectivity index (χ3n) is 5.36. The van der Waals surface area contributed by atoms with E-state index >= 15 is 0 Å². The van der Waals surface area contributed by atoms with Crippen molar-refractivity contribution >= 4 is 25.0 Å². The molecule has 2 aromatic rings. The summed E-state index contributed by atoms with van der Waals surface area (Å²) in [6, 6.07) is 16.1. The van der Waals surface area contributed by atoms with Crippen LogP contribution in [0.1, 0.15) is 43.4 Å². The monoisotopic (exact) mass is 372 g/mol. The first-order valence-corrected chi connectivity index (χ1v) is 13.0. The van der Waals surface area contributed by atoms with E-state index in [2.05, 4.69) is 57.2 Å². The second kappa shape index (κ2) is 8.95. The molecule has 0 radical (unpaired) electrons. The van der Waals surface area contributed by atoms with E-state index in [1.807, 2.05) is 25.6 Å². The van der Waals surface area contributed by atoms with Gasteiger partial charge in [0, 0.05) is 4.90 Å². The van der Waals surface area contributed by atoms with E-state index in [1.165, 1.54) is 40.8 Å². The predicted octanol–water partition coefficient (Wildman–Crippen LogP) is 6.12. The van der Waals surface area contributed by atoms with Gasteiger partial charge in [-0.3, -0.25) is 0 Å². The lowest BCUT2D eigenvalue weighted by molar-refractivity contribution is 0.465. The molecule has 0 amide bonds. The number of rotatable bonds is 8. The van der Waals surface area contributed by atoms with E-state index in [9.17, 15) is 5.11 Å². The maximum absolute atomic E-state index is 10.2. The summed E-state index contributed by atoms with van der Waals surface area (Å²) >= 11 is 2.02. The van der Waals surface area contributed by atoms with Gasteiger partial charge in [-0.2, -0.15) is 0 Å². The van der Waals surface area contributed by atoms with Crippen molar-refractivity contribution < 1.29 is 5.11 Å². The lowest BCUT2D eigenvalue weighted by Gasteiger charge is -2.32. The molecular formula is C22H32OSSi. The Bertz CT molecular complexity index is 691. The summed E-state index contributed by atoms with van der Waals surface area (Å²) in [5, 5.41) is 13.0. The zero-order chi connectivity index (χ0) is 18.4. The number of benzene rings is 2. The van der Waals surface area contributed by atoms with Gasteiger partial charge in [0.05, 0.1) is 8.07 Å². The van der Waals surface area contributed by atoms with Crippen LogP contribution in [0.2, 0.25) is 12.1 Å². The Balaban J connectivity index is 2.35. The largest absolute Gasteiger partial charge is 0.507 e.